The van der Waals surface area contributed by atoms with Gasteiger partial charge in [-0.25, -0.2) is 4.98 Å². The SMILES string of the molecule is C=C(C)c1ccc(-n2c3ccc4ccccc4c3c3c2c2ccccc2n3-c2ccccn2)cc1. The topological polar surface area (TPSA) is 22.8 Å². The normalized spacial score (nSPS) is 11.7. The van der Waals surface area contributed by atoms with E-state index in [1.165, 1.54) is 38.1 Å². The molecule has 7 rings (SSSR count). The Morgan fingerprint density at radius 1 is 0.657 bits per heavy atom. The fourth-order valence-corrected chi connectivity index (χ4v) is 5.38. The molecule has 166 valence electrons. The van der Waals surface area contributed by atoms with Crippen LogP contribution in [-0.2, 0) is 0 Å². The molecule has 3 heteroatoms. The highest BCUT2D eigenvalue weighted by Gasteiger charge is 2.23. The summed E-state index contributed by atoms with van der Waals surface area (Å²) < 4.78 is 4.72. The molecule has 3 aromatic heterocycles. The number of benzene rings is 4. The molecule has 7 aromatic rings. The summed E-state index contributed by atoms with van der Waals surface area (Å²) in [5, 5.41) is 4.92. The second kappa shape index (κ2) is 7.44. The van der Waals surface area contributed by atoms with Crippen LogP contribution >= 0.6 is 0 Å². The number of aromatic nitrogens is 3. The third-order valence-electron chi connectivity index (χ3n) is 6.95. The highest BCUT2D eigenvalue weighted by Crippen LogP contribution is 2.42. The van der Waals surface area contributed by atoms with Gasteiger partial charge in [-0.1, -0.05) is 78.9 Å². The number of hydrogen-bond donors (Lipinski definition) is 0. The van der Waals surface area contributed by atoms with Crippen molar-refractivity contribution in [1.82, 2.24) is 14.1 Å². The minimum Gasteiger partial charge on any atom is -0.307 e. The minimum absolute atomic E-state index is 0.920. The van der Waals surface area contributed by atoms with Gasteiger partial charge in [-0.3, -0.25) is 4.57 Å². The summed E-state index contributed by atoms with van der Waals surface area (Å²) in [5.41, 5.74) is 8.07. The quantitative estimate of drug-likeness (QED) is 0.266. The summed E-state index contributed by atoms with van der Waals surface area (Å²) >= 11 is 0. The van der Waals surface area contributed by atoms with E-state index in [1.807, 2.05) is 19.2 Å². The Morgan fingerprint density at radius 3 is 2.17 bits per heavy atom. The van der Waals surface area contributed by atoms with Crippen LogP contribution in [0.1, 0.15) is 12.5 Å². The molecule has 0 radical (unpaired) electrons. The maximum Gasteiger partial charge on any atom is 0.137 e. The standard InChI is InChI=1S/C32H23N3/c1-21(2)22-14-17-24(18-15-22)34-28-19-16-23-9-3-4-10-25(23)30(28)32-31(34)26-11-5-6-12-27(26)35(32)29-13-7-8-20-33-29/h3-20H,1H2,2H3. The monoisotopic (exact) mass is 449 g/mol. The number of para-hydroxylation sites is 1. The van der Waals surface area contributed by atoms with Crippen LogP contribution in [0, 0.1) is 0 Å². The molecular weight excluding hydrogens is 426 g/mol. The zero-order valence-electron chi connectivity index (χ0n) is 19.4. The van der Waals surface area contributed by atoms with Gasteiger partial charge >= 0.3 is 0 Å². The first kappa shape index (κ1) is 19.8. The van der Waals surface area contributed by atoms with Gasteiger partial charge in [-0.15, -0.1) is 0 Å². The molecule has 0 fully saturated rings. The molecule has 35 heavy (non-hydrogen) atoms. The summed E-state index contributed by atoms with van der Waals surface area (Å²) in [5.74, 6) is 0.920. The minimum atomic E-state index is 0.920. The first-order valence-corrected chi connectivity index (χ1v) is 11.9. The summed E-state index contributed by atoms with van der Waals surface area (Å²) in [6, 6.07) is 36.6. The molecule has 0 unspecified atom stereocenters. The van der Waals surface area contributed by atoms with Gasteiger partial charge in [0.25, 0.3) is 0 Å². The molecule has 3 heterocycles. The fourth-order valence-electron chi connectivity index (χ4n) is 5.38. The van der Waals surface area contributed by atoms with Crippen LogP contribution in [0.2, 0.25) is 0 Å². The van der Waals surface area contributed by atoms with Gasteiger partial charge in [0.15, 0.2) is 0 Å². The molecule has 0 aliphatic carbocycles. The summed E-state index contributed by atoms with van der Waals surface area (Å²) in [6.45, 7) is 6.16. The molecule has 0 amide bonds. The second-order valence-corrected chi connectivity index (χ2v) is 9.08. The van der Waals surface area contributed by atoms with Crippen molar-refractivity contribution in [1.29, 1.82) is 0 Å². The van der Waals surface area contributed by atoms with Crippen molar-refractivity contribution in [2.75, 3.05) is 0 Å². The average molecular weight is 450 g/mol. The van der Waals surface area contributed by atoms with Crippen LogP contribution in [0.15, 0.2) is 116 Å². The Kier molecular flexibility index (Phi) is 4.21. The van der Waals surface area contributed by atoms with E-state index < -0.39 is 0 Å². The van der Waals surface area contributed by atoms with Gasteiger partial charge in [0.1, 0.15) is 5.82 Å². The van der Waals surface area contributed by atoms with Crippen LogP contribution in [0.4, 0.5) is 0 Å². The molecule has 0 saturated carbocycles. The van der Waals surface area contributed by atoms with Gasteiger partial charge in [-0.05, 0) is 59.7 Å². The largest absolute Gasteiger partial charge is 0.307 e. The Labute approximate surface area is 203 Å². The first-order valence-electron chi connectivity index (χ1n) is 11.9. The van der Waals surface area contributed by atoms with Crippen molar-refractivity contribution in [2.45, 2.75) is 6.92 Å². The number of hydrogen-bond acceptors (Lipinski definition) is 1. The highest BCUT2D eigenvalue weighted by atomic mass is 15.1. The summed E-state index contributed by atoms with van der Waals surface area (Å²) in [4.78, 5) is 4.77. The smallest absolute Gasteiger partial charge is 0.137 e. The number of allylic oxidation sites excluding steroid dienone is 1. The van der Waals surface area contributed by atoms with Crippen LogP contribution < -0.4 is 0 Å². The Bertz CT molecular complexity index is 1900. The lowest BCUT2D eigenvalue weighted by Crippen LogP contribution is -1.96. The lowest BCUT2D eigenvalue weighted by molar-refractivity contribution is 1.08. The zero-order chi connectivity index (χ0) is 23.5. The van der Waals surface area contributed by atoms with Crippen LogP contribution in [-0.4, -0.2) is 14.1 Å². The molecule has 0 spiro atoms. The van der Waals surface area contributed by atoms with Gasteiger partial charge < -0.3 is 4.57 Å². The Morgan fingerprint density at radius 2 is 1.40 bits per heavy atom. The molecule has 4 aromatic carbocycles. The van der Waals surface area contributed by atoms with Gasteiger partial charge in [-0.2, -0.15) is 0 Å². The van der Waals surface area contributed by atoms with E-state index in [4.69, 9.17) is 4.98 Å². The fraction of sp³-hybridized carbons (Fsp3) is 0.0312. The highest BCUT2D eigenvalue weighted by molar-refractivity contribution is 6.26. The predicted octanol–water partition coefficient (Wildman–Crippen LogP) is 8.31. The Balaban J connectivity index is 1.75. The van der Waals surface area contributed by atoms with Crippen LogP contribution in [0.3, 0.4) is 0 Å². The van der Waals surface area contributed by atoms with E-state index in [-0.39, 0.29) is 0 Å². The maximum atomic E-state index is 4.77. The van der Waals surface area contributed by atoms with Gasteiger partial charge in [0, 0.05) is 22.7 Å². The molecule has 0 N–H and O–H groups in total. The van der Waals surface area contributed by atoms with E-state index in [2.05, 4.69) is 113 Å². The molecule has 0 aliphatic rings. The van der Waals surface area contributed by atoms with Crippen LogP contribution in [0.5, 0.6) is 0 Å². The lowest BCUT2D eigenvalue weighted by Gasteiger charge is -2.10. The van der Waals surface area contributed by atoms with Crippen molar-refractivity contribution in [3.63, 3.8) is 0 Å². The zero-order valence-corrected chi connectivity index (χ0v) is 19.4. The van der Waals surface area contributed by atoms with Gasteiger partial charge in [0.05, 0.1) is 22.1 Å². The molecule has 0 atom stereocenters. The maximum absolute atomic E-state index is 4.77. The van der Waals surface area contributed by atoms with Crippen molar-refractivity contribution in [3.8, 4) is 11.5 Å². The number of pyridine rings is 1. The number of rotatable bonds is 3. The van der Waals surface area contributed by atoms with E-state index in [0.29, 0.717) is 0 Å². The first-order chi connectivity index (χ1) is 17.2. The Hall–Kier alpha value is -4.63. The number of nitrogens with zero attached hydrogens (tertiary/aromatic N) is 3. The van der Waals surface area contributed by atoms with Crippen molar-refractivity contribution < 1.29 is 0 Å². The summed E-state index contributed by atoms with van der Waals surface area (Å²) in [7, 11) is 0. The summed E-state index contributed by atoms with van der Waals surface area (Å²) in [6.07, 6.45) is 1.86. The van der Waals surface area contributed by atoms with E-state index in [0.717, 1.165) is 28.2 Å². The van der Waals surface area contributed by atoms with Gasteiger partial charge in [0.2, 0.25) is 0 Å². The molecular formula is C32H23N3. The average Bonchev–Trinajstić information content (AvgIpc) is 3.42. The third kappa shape index (κ3) is 2.82. The third-order valence-corrected chi connectivity index (χ3v) is 6.95. The van der Waals surface area contributed by atoms with Crippen LogP contribution in [0.25, 0.3) is 60.7 Å². The van der Waals surface area contributed by atoms with E-state index in [1.54, 1.807) is 0 Å². The lowest BCUT2D eigenvalue weighted by atomic mass is 10.1. The van der Waals surface area contributed by atoms with Crippen molar-refractivity contribution >= 4 is 49.2 Å². The van der Waals surface area contributed by atoms with Crippen molar-refractivity contribution in [3.05, 3.63) is 121 Å². The molecule has 0 saturated heterocycles. The van der Waals surface area contributed by atoms with E-state index >= 15 is 0 Å². The number of fused-ring (bicyclic) bond motifs is 7. The predicted molar refractivity (Wildman–Crippen MR) is 148 cm³/mol. The van der Waals surface area contributed by atoms with Crippen molar-refractivity contribution in [2.24, 2.45) is 0 Å². The van der Waals surface area contributed by atoms with E-state index in [9.17, 15) is 0 Å². The second-order valence-electron chi connectivity index (χ2n) is 9.08. The molecule has 3 nitrogen and oxygen atoms in total. The molecule has 0 bridgehead atoms. The molecule has 0 aliphatic heterocycles.